The number of thiazole rings is 1. The Morgan fingerprint density at radius 3 is 2.74 bits per heavy atom. The molecule has 1 amide bonds. The average Bonchev–Trinajstić information content (AvgIpc) is 3.24. The molecule has 1 aromatic carbocycles. The summed E-state index contributed by atoms with van der Waals surface area (Å²) in [6, 6.07) is 11.6. The molecule has 2 N–H and O–H groups in total. The summed E-state index contributed by atoms with van der Waals surface area (Å²) in [7, 11) is 0. The normalized spacial score (nSPS) is 17.0. The van der Waals surface area contributed by atoms with Gasteiger partial charge < -0.3 is 5.73 Å². The van der Waals surface area contributed by atoms with Crippen molar-refractivity contribution < 1.29 is 4.79 Å². The Morgan fingerprint density at radius 2 is 2.04 bits per heavy atom. The van der Waals surface area contributed by atoms with Crippen molar-refractivity contribution in [1.82, 2.24) is 4.98 Å². The van der Waals surface area contributed by atoms with Crippen LogP contribution in [0.3, 0.4) is 0 Å². The van der Waals surface area contributed by atoms with E-state index in [1.165, 1.54) is 27.7 Å². The number of allylic oxidation sites excluding steroid dienone is 1. The molecule has 2 aromatic heterocycles. The van der Waals surface area contributed by atoms with E-state index in [1.807, 2.05) is 41.8 Å². The van der Waals surface area contributed by atoms with Crippen LogP contribution in [0, 0.1) is 0 Å². The molecule has 0 bridgehead atoms. The van der Waals surface area contributed by atoms with Crippen molar-refractivity contribution in [2.75, 3.05) is 5.01 Å². The predicted octanol–water partition coefficient (Wildman–Crippen LogP) is 3.34. The third kappa shape index (κ3) is 2.25. The van der Waals surface area contributed by atoms with Crippen molar-refractivity contribution in [2.45, 2.75) is 6.92 Å². The predicted molar refractivity (Wildman–Crippen MR) is 94.8 cm³/mol. The summed E-state index contributed by atoms with van der Waals surface area (Å²) in [5.41, 5.74) is 8.32. The monoisotopic (exact) mass is 340 g/mol. The first-order valence-electron chi connectivity index (χ1n) is 6.94. The number of fused-ring (bicyclic) bond motifs is 1. The third-order valence-corrected chi connectivity index (χ3v) is 5.34. The maximum absolute atomic E-state index is 12.8. The average molecular weight is 340 g/mol. The van der Waals surface area contributed by atoms with Crippen LogP contribution in [0.1, 0.15) is 11.8 Å². The molecule has 5 nitrogen and oxygen atoms in total. The van der Waals surface area contributed by atoms with Crippen molar-refractivity contribution in [2.24, 2.45) is 10.8 Å². The standard InChI is InChI=1S/C16H12N4OS2/c1-9(17)13-14(12-7-4-8-22-12)19-20(15(13)21)16-18-10-5-2-3-6-11(10)23-16/h2-8H,17H2,1H3. The van der Waals surface area contributed by atoms with Crippen molar-refractivity contribution in [3.8, 4) is 0 Å². The minimum absolute atomic E-state index is 0.229. The quantitative estimate of drug-likeness (QED) is 0.727. The number of nitrogens with zero attached hydrogens (tertiary/aromatic N) is 3. The van der Waals surface area contributed by atoms with E-state index < -0.39 is 0 Å². The second kappa shape index (κ2) is 5.29. The molecule has 0 unspecified atom stereocenters. The van der Waals surface area contributed by atoms with Crippen LogP contribution in [-0.4, -0.2) is 16.6 Å². The van der Waals surface area contributed by atoms with Crippen LogP contribution in [-0.2, 0) is 4.79 Å². The summed E-state index contributed by atoms with van der Waals surface area (Å²) < 4.78 is 1.02. The molecule has 4 rings (SSSR count). The van der Waals surface area contributed by atoms with Crippen molar-refractivity contribution >= 4 is 49.6 Å². The lowest BCUT2D eigenvalue weighted by molar-refractivity contribution is -0.114. The second-order valence-electron chi connectivity index (χ2n) is 5.07. The summed E-state index contributed by atoms with van der Waals surface area (Å²) >= 11 is 2.97. The highest BCUT2D eigenvalue weighted by Gasteiger charge is 2.35. The molecule has 3 heterocycles. The Hall–Kier alpha value is -2.51. The van der Waals surface area contributed by atoms with Crippen LogP contribution < -0.4 is 10.7 Å². The minimum atomic E-state index is -0.229. The van der Waals surface area contributed by atoms with Gasteiger partial charge >= 0.3 is 0 Å². The van der Waals surface area contributed by atoms with Gasteiger partial charge in [-0.3, -0.25) is 4.79 Å². The number of amides is 1. The van der Waals surface area contributed by atoms with E-state index in [0.717, 1.165) is 15.1 Å². The number of aromatic nitrogens is 1. The fraction of sp³-hybridized carbons (Fsp3) is 0.0625. The highest BCUT2D eigenvalue weighted by atomic mass is 32.1. The van der Waals surface area contributed by atoms with E-state index in [0.29, 0.717) is 22.1 Å². The smallest absolute Gasteiger partial charge is 0.284 e. The molecule has 0 spiro atoms. The van der Waals surface area contributed by atoms with Gasteiger partial charge in [0, 0.05) is 5.70 Å². The van der Waals surface area contributed by atoms with Crippen LogP contribution >= 0.6 is 22.7 Å². The Labute approximate surface area is 140 Å². The van der Waals surface area contributed by atoms with Crippen LogP contribution in [0.5, 0.6) is 0 Å². The molecule has 3 aromatic rings. The van der Waals surface area contributed by atoms with E-state index in [1.54, 1.807) is 6.92 Å². The molecule has 0 saturated carbocycles. The van der Waals surface area contributed by atoms with Gasteiger partial charge in [0.2, 0.25) is 5.13 Å². The Balaban J connectivity index is 1.86. The number of nitrogens with two attached hydrogens (primary N) is 1. The number of anilines is 1. The Kier molecular flexibility index (Phi) is 3.24. The zero-order valence-corrected chi connectivity index (χ0v) is 13.8. The van der Waals surface area contributed by atoms with Crippen molar-refractivity contribution in [3.63, 3.8) is 0 Å². The van der Waals surface area contributed by atoms with E-state index in [4.69, 9.17) is 5.73 Å². The van der Waals surface area contributed by atoms with Crippen molar-refractivity contribution in [1.29, 1.82) is 0 Å². The van der Waals surface area contributed by atoms with Gasteiger partial charge in [-0.2, -0.15) is 10.1 Å². The second-order valence-corrected chi connectivity index (χ2v) is 7.02. The molecule has 1 aliphatic rings. The van der Waals surface area contributed by atoms with Gasteiger partial charge in [0.05, 0.1) is 20.7 Å². The lowest BCUT2D eigenvalue weighted by Crippen LogP contribution is -2.23. The van der Waals surface area contributed by atoms with Crippen LogP contribution in [0.4, 0.5) is 5.13 Å². The molecule has 0 atom stereocenters. The molecule has 0 radical (unpaired) electrons. The fourth-order valence-electron chi connectivity index (χ4n) is 2.42. The van der Waals surface area contributed by atoms with Gasteiger partial charge in [0.1, 0.15) is 5.71 Å². The summed E-state index contributed by atoms with van der Waals surface area (Å²) in [5, 5.41) is 8.36. The molecule has 0 saturated heterocycles. The zero-order chi connectivity index (χ0) is 16.0. The van der Waals surface area contributed by atoms with Crippen LogP contribution in [0.25, 0.3) is 10.2 Å². The van der Waals surface area contributed by atoms with Gasteiger partial charge in [0.15, 0.2) is 0 Å². The highest BCUT2D eigenvalue weighted by Crippen LogP contribution is 2.34. The van der Waals surface area contributed by atoms with E-state index in [-0.39, 0.29) is 5.91 Å². The number of para-hydroxylation sites is 1. The van der Waals surface area contributed by atoms with E-state index >= 15 is 0 Å². The molecule has 23 heavy (non-hydrogen) atoms. The first-order valence-corrected chi connectivity index (χ1v) is 8.64. The van der Waals surface area contributed by atoms with Crippen LogP contribution in [0.2, 0.25) is 0 Å². The molecule has 0 aliphatic carbocycles. The maximum atomic E-state index is 12.8. The summed E-state index contributed by atoms with van der Waals surface area (Å²) in [6.07, 6.45) is 0. The van der Waals surface area contributed by atoms with Crippen molar-refractivity contribution in [3.05, 3.63) is 57.9 Å². The number of rotatable bonds is 2. The summed E-state index contributed by atoms with van der Waals surface area (Å²) in [5.74, 6) is -0.229. The lowest BCUT2D eigenvalue weighted by Gasteiger charge is -2.06. The number of carbonyl (C=O) groups is 1. The van der Waals surface area contributed by atoms with E-state index in [9.17, 15) is 4.79 Å². The number of hydrogen-bond donors (Lipinski definition) is 1. The topological polar surface area (TPSA) is 71.6 Å². The summed E-state index contributed by atoms with van der Waals surface area (Å²) in [4.78, 5) is 18.2. The number of hydrazone groups is 1. The molecule has 7 heteroatoms. The number of hydrogen-bond acceptors (Lipinski definition) is 6. The first-order chi connectivity index (χ1) is 11.1. The largest absolute Gasteiger partial charge is 0.402 e. The van der Waals surface area contributed by atoms with Gasteiger partial charge in [0.25, 0.3) is 5.91 Å². The van der Waals surface area contributed by atoms with Crippen LogP contribution in [0.15, 0.2) is 58.1 Å². The zero-order valence-electron chi connectivity index (χ0n) is 12.2. The number of carbonyl (C=O) groups excluding carboxylic acids is 1. The SMILES string of the molecule is CC(N)=C1C(=O)N(c2nc3ccccc3s2)N=C1c1cccs1. The molecule has 114 valence electrons. The Bertz CT molecular complexity index is 932. The fourth-order valence-corrected chi connectivity index (χ4v) is 4.06. The Morgan fingerprint density at radius 1 is 1.22 bits per heavy atom. The minimum Gasteiger partial charge on any atom is -0.402 e. The third-order valence-electron chi connectivity index (χ3n) is 3.46. The van der Waals surface area contributed by atoms with E-state index in [2.05, 4.69) is 10.1 Å². The molecule has 1 aliphatic heterocycles. The first kappa shape index (κ1) is 14.1. The highest BCUT2D eigenvalue weighted by molar-refractivity contribution is 7.22. The van der Waals surface area contributed by atoms with Gasteiger partial charge in [-0.25, -0.2) is 4.98 Å². The summed E-state index contributed by atoms with van der Waals surface area (Å²) in [6.45, 7) is 1.72. The van der Waals surface area contributed by atoms with Gasteiger partial charge in [-0.1, -0.05) is 29.5 Å². The molecule has 0 fully saturated rings. The number of benzene rings is 1. The van der Waals surface area contributed by atoms with Gasteiger partial charge in [-0.15, -0.1) is 11.3 Å². The lowest BCUT2D eigenvalue weighted by atomic mass is 10.1. The number of thiophene rings is 1. The molecular formula is C16H12N4OS2. The molecular weight excluding hydrogens is 328 g/mol. The van der Waals surface area contributed by atoms with Gasteiger partial charge in [-0.05, 0) is 30.5 Å². The maximum Gasteiger partial charge on any atom is 0.284 e.